The number of likely N-dealkylation sites (N-methyl/N-ethyl adjacent to an activating group) is 1. The molecule has 0 bridgehead atoms. The molecule has 1 aliphatic rings. The zero-order valence-corrected chi connectivity index (χ0v) is 23.7. The molecule has 1 aromatic heterocycles. The van der Waals surface area contributed by atoms with Gasteiger partial charge in [0.05, 0.1) is 24.0 Å². The molecule has 0 saturated carbocycles. The van der Waals surface area contributed by atoms with E-state index in [0.29, 0.717) is 29.2 Å². The quantitative estimate of drug-likeness (QED) is 0.383. The Hall–Kier alpha value is -4.91. The second-order valence-corrected chi connectivity index (χ2v) is 10.0. The molecule has 2 heterocycles. The zero-order valence-electron chi connectivity index (χ0n) is 23.7. The van der Waals surface area contributed by atoms with Gasteiger partial charge in [-0.2, -0.15) is 5.26 Å². The Labute approximate surface area is 239 Å². The van der Waals surface area contributed by atoms with Gasteiger partial charge in [-0.15, -0.1) is 0 Å². The summed E-state index contributed by atoms with van der Waals surface area (Å²) in [6.07, 6.45) is 8.18. The van der Waals surface area contributed by atoms with Gasteiger partial charge in [0, 0.05) is 56.4 Å². The van der Waals surface area contributed by atoms with E-state index in [1.807, 2.05) is 57.1 Å². The van der Waals surface area contributed by atoms with Crippen LogP contribution in [0.5, 0.6) is 0 Å². The molecule has 210 valence electrons. The number of nitrogens with one attached hydrogen (secondary N) is 1. The lowest BCUT2D eigenvalue weighted by Gasteiger charge is -2.27. The SMILES string of the molecule is CCc1cc(C=O)c(/C=C(/c2cnc(C3CN=CC(=O)N3C)nc2)N(C)C)c(C(C)Nc2ccc(F)cc2C#N)c1. The Bertz CT molecular complexity index is 1560. The second-order valence-electron chi connectivity index (χ2n) is 10.0. The highest BCUT2D eigenvalue weighted by Crippen LogP contribution is 2.32. The summed E-state index contributed by atoms with van der Waals surface area (Å²) in [6.45, 7) is 4.34. The van der Waals surface area contributed by atoms with Gasteiger partial charge >= 0.3 is 0 Å². The maximum absolute atomic E-state index is 13.7. The molecule has 2 unspecified atom stereocenters. The van der Waals surface area contributed by atoms with Gasteiger partial charge in [-0.3, -0.25) is 14.6 Å². The third kappa shape index (κ3) is 6.30. The Morgan fingerprint density at radius 2 is 2.00 bits per heavy atom. The van der Waals surface area contributed by atoms with Crippen molar-refractivity contribution in [2.24, 2.45) is 4.99 Å². The van der Waals surface area contributed by atoms with Crippen molar-refractivity contribution in [3.8, 4) is 6.07 Å². The standard InChI is InChI=1S/C31H32FN7O2/c1-6-20-9-22(18-40)26(25(10-20)19(2)37-27-8-7-24(32)11-21(27)13-33)12-28(38(3)4)23-14-35-31(36-15-23)29-16-34-17-30(41)39(29)5/h7-12,14-15,17-19,29,37H,6,16H2,1-5H3/b28-12-. The number of benzene rings is 2. The van der Waals surface area contributed by atoms with Crippen LogP contribution in [0.4, 0.5) is 10.1 Å². The number of anilines is 1. The number of rotatable bonds is 9. The molecule has 0 spiro atoms. The van der Waals surface area contributed by atoms with Gasteiger partial charge < -0.3 is 15.1 Å². The summed E-state index contributed by atoms with van der Waals surface area (Å²) in [5.74, 6) is -0.193. The van der Waals surface area contributed by atoms with Crippen LogP contribution < -0.4 is 5.32 Å². The Morgan fingerprint density at radius 1 is 1.27 bits per heavy atom. The van der Waals surface area contributed by atoms with Crippen molar-refractivity contribution in [2.45, 2.75) is 32.4 Å². The third-order valence-corrected chi connectivity index (χ3v) is 7.10. The lowest BCUT2D eigenvalue weighted by molar-refractivity contribution is -0.125. The highest BCUT2D eigenvalue weighted by Gasteiger charge is 2.26. The number of aromatic nitrogens is 2. The highest BCUT2D eigenvalue weighted by molar-refractivity contribution is 6.26. The van der Waals surface area contributed by atoms with E-state index >= 15 is 0 Å². The summed E-state index contributed by atoms with van der Waals surface area (Å²) in [5, 5.41) is 12.9. The summed E-state index contributed by atoms with van der Waals surface area (Å²) in [6, 6.07) is 9.30. The van der Waals surface area contributed by atoms with E-state index < -0.39 is 5.82 Å². The number of carbonyl (C=O) groups excluding carboxylic acids is 2. The predicted molar refractivity (Wildman–Crippen MR) is 157 cm³/mol. The molecule has 9 nitrogen and oxygen atoms in total. The van der Waals surface area contributed by atoms with Gasteiger partial charge in [0.25, 0.3) is 5.91 Å². The van der Waals surface area contributed by atoms with Gasteiger partial charge in [-0.25, -0.2) is 14.4 Å². The molecule has 0 saturated heterocycles. The molecular weight excluding hydrogens is 521 g/mol. The van der Waals surface area contributed by atoms with Crippen LogP contribution in [0.2, 0.25) is 0 Å². The van der Waals surface area contributed by atoms with Crippen LogP contribution in [0.1, 0.15) is 69.9 Å². The Balaban J connectivity index is 1.77. The van der Waals surface area contributed by atoms with E-state index in [1.54, 1.807) is 24.3 Å². The van der Waals surface area contributed by atoms with Gasteiger partial charge in [-0.1, -0.05) is 13.0 Å². The third-order valence-electron chi connectivity index (χ3n) is 7.10. The molecule has 1 aliphatic heterocycles. The van der Waals surface area contributed by atoms with Crippen LogP contribution in [0.3, 0.4) is 0 Å². The molecule has 1 amide bonds. The average Bonchev–Trinajstić information content (AvgIpc) is 2.97. The molecule has 4 rings (SSSR count). The molecule has 10 heteroatoms. The molecular formula is C31H32FN7O2. The molecule has 0 aliphatic carbocycles. The van der Waals surface area contributed by atoms with Gasteiger partial charge in [-0.05, 0) is 60.4 Å². The van der Waals surface area contributed by atoms with Gasteiger partial charge in [0.2, 0.25) is 0 Å². The number of amides is 1. The minimum absolute atomic E-state index is 0.193. The molecule has 41 heavy (non-hydrogen) atoms. The number of hydrogen-bond acceptors (Lipinski definition) is 8. The summed E-state index contributed by atoms with van der Waals surface area (Å²) in [5.41, 5.74) is 5.24. The predicted octanol–water partition coefficient (Wildman–Crippen LogP) is 4.68. The van der Waals surface area contributed by atoms with E-state index in [2.05, 4.69) is 20.3 Å². The van der Waals surface area contributed by atoms with Crippen molar-refractivity contribution in [3.63, 3.8) is 0 Å². The van der Waals surface area contributed by atoms with Gasteiger partial charge in [0.15, 0.2) is 12.1 Å². The summed E-state index contributed by atoms with van der Waals surface area (Å²) in [7, 11) is 5.48. The number of carbonyl (C=O) groups is 2. The van der Waals surface area contributed by atoms with Gasteiger partial charge in [0.1, 0.15) is 17.9 Å². The van der Waals surface area contributed by atoms with Crippen molar-refractivity contribution in [1.82, 2.24) is 19.8 Å². The molecule has 2 atom stereocenters. The first-order valence-corrected chi connectivity index (χ1v) is 13.2. The zero-order chi connectivity index (χ0) is 29.7. The first-order chi connectivity index (χ1) is 19.7. The van der Waals surface area contributed by atoms with E-state index in [1.165, 1.54) is 24.4 Å². The Morgan fingerprint density at radius 3 is 2.63 bits per heavy atom. The molecule has 0 fully saturated rings. The number of aryl methyl sites for hydroxylation is 1. The first kappa shape index (κ1) is 29.1. The average molecular weight is 554 g/mol. The molecule has 0 radical (unpaired) electrons. The largest absolute Gasteiger partial charge is 0.377 e. The smallest absolute Gasteiger partial charge is 0.264 e. The highest BCUT2D eigenvalue weighted by atomic mass is 19.1. The monoisotopic (exact) mass is 553 g/mol. The van der Waals surface area contributed by atoms with Crippen molar-refractivity contribution in [3.05, 3.63) is 87.7 Å². The molecule has 2 aromatic carbocycles. The van der Waals surface area contributed by atoms with E-state index in [9.17, 15) is 19.2 Å². The summed E-state index contributed by atoms with van der Waals surface area (Å²) < 4.78 is 13.7. The minimum Gasteiger partial charge on any atom is -0.377 e. The fourth-order valence-electron chi connectivity index (χ4n) is 4.74. The van der Waals surface area contributed by atoms with Crippen LogP contribution in [0, 0.1) is 17.1 Å². The first-order valence-electron chi connectivity index (χ1n) is 13.2. The van der Waals surface area contributed by atoms with Crippen molar-refractivity contribution < 1.29 is 14.0 Å². The fraction of sp³-hybridized carbons (Fsp3) is 0.290. The molecule has 3 aromatic rings. The molecule has 1 N–H and O–H groups in total. The summed E-state index contributed by atoms with van der Waals surface area (Å²) >= 11 is 0. The van der Waals surface area contributed by atoms with Crippen LogP contribution in [0.25, 0.3) is 11.8 Å². The number of nitriles is 1. The van der Waals surface area contributed by atoms with E-state index in [4.69, 9.17) is 0 Å². The lowest BCUT2D eigenvalue weighted by Crippen LogP contribution is -2.37. The summed E-state index contributed by atoms with van der Waals surface area (Å²) in [4.78, 5) is 41.1. The maximum Gasteiger partial charge on any atom is 0.264 e. The van der Waals surface area contributed by atoms with E-state index in [-0.39, 0.29) is 23.6 Å². The maximum atomic E-state index is 13.7. The fourth-order valence-corrected chi connectivity index (χ4v) is 4.74. The van der Waals surface area contributed by atoms with Crippen LogP contribution in [-0.2, 0) is 11.2 Å². The van der Waals surface area contributed by atoms with Crippen molar-refractivity contribution >= 4 is 35.9 Å². The van der Waals surface area contributed by atoms with Crippen LogP contribution >= 0.6 is 0 Å². The Kier molecular flexibility index (Phi) is 8.87. The number of halogens is 1. The van der Waals surface area contributed by atoms with E-state index in [0.717, 1.165) is 35.1 Å². The number of hydrogen-bond donors (Lipinski definition) is 1. The van der Waals surface area contributed by atoms with Crippen LogP contribution in [0.15, 0.2) is 47.7 Å². The number of aldehydes is 1. The van der Waals surface area contributed by atoms with Crippen molar-refractivity contribution in [2.75, 3.05) is 33.0 Å². The minimum atomic E-state index is -0.488. The van der Waals surface area contributed by atoms with Crippen molar-refractivity contribution in [1.29, 1.82) is 5.26 Å². The number of nitrogens with zero attached hydrogens (tertiary/aromatic N) is 6. The topological polar surface area (TPSA) is 115 Å². The normalized spacial score (nSPS) is 15.8. The number of aliphatic imine (C=N–C) groups is 1. The van der Waals surface area contributed by atoms with Crippen LogP contribution in [-0.4, -0.2) is 65.9 Å². The second kappa shape index (κ2) is 12.5. The lowest BCUT2D eigenvalue weighted by atomic mass is 9.91.